The first kappa shape index (κ1) is 14.7. The van der Waals surface area contributed by atoms with Crippen LogP contribution in [-0.4, -0.2) is 12.1 Å². The lowest BCUT2D eigenvalue weighted by atomic mass is 9.93. The summed E-state index contributed by atoms with van der Waals surface area (Å²) in [4.78, 5) is 4.59. The van der Waals surface area contributed by atoms with Crippen molar-refractivity contribution in [2.24, 2.45) is 0 Å². The van der Waals surface area contributed by atoms with Crippen molar-refractivity contribution < 1.29 is 9.47 Å². The SMILES string of the molecule is COc1ccc(OCc2nc(C(C)(C)C)cs2)cc1N. The fourth-order valence-electron chi connectivity index (χ4n) is 1.67. The van der Waals surface area contributed by atoms with Crippen molar-refractivity contribution in [3.63, 3.8) is 0 Å². The molecule has 0 saturated heterocycles. The zero-order chi connectivity index (χ0) is 14.8. The van der Waals surface area contributed by atoms with Crippen LogP contribution in [0.3, 0.4) is 0 Å². The van der Waals surface area contributed by atoms with Crippen LogP contribution in [0.5, 0.6) is 11.5 Å². The second-order valence-corrected chi connectivity index (χ2v) is 6.51. The number of aromatic nitrogens is 1. The van der Waals surface area contributed by atoms with Crippen LogP contribution in [-0.2, 0) is 12.0 Å². The van der Waals surface area contributed by atoms with E-state index in [0.717, 1.165) is 16.5 Å². The van der Waals surface area contributed by atoms with Gasteiger partial charge in [0.05, 0.1) is 18.5 Å². The number of rotatable bonds is 4. The summed E-state index contributed by atoms with van der Waals surface area (Å²) in [5.41, 5.74) is 7.57. The quantitative estimate of drug-likeness (QED) is 0.875. The van der Waals surface area contributed by atoms with Crippen LogP contribution in [0, 0.1) is 0 Å². The summed E-state index contributed by atoms with van der Waals surface area (Å²) in [6.07, 6.45) is 0. The Morgan fingerprint density at radius 3 is 2.60 bits per heavy atom. The monoisotopic (exact) mass is 292 g/mol. The average Bonchev–Trinajstić information content (AvgIpc) is 2.85. The minimum Gasteiger partial charge on any atom is -0.495 e. The maximum absolute atomic E-state index is 5.84. The maximum Gasteiger partial charge on any atom is 0.142 e. The molecule has 0 saturated carbocycles. The summed E-state index contributed by atoms with van der Waals surface area (Å²) in [6.45, 7) is 6.90. The molecule has 4 nitrogen and oxygen atoms in total. The van der Waals surface area contributed by atoms with E-state index in [-0.39, 0.29) is 5.41 Å². The van der Waals surface area contributed by atoms with Crippen molar-refractivity contribution in [2.75, 3.05) is 12.8 Å². The van der Waals surface area contributed by atoms with Gasteiger partial charge in [-0.1, -0.05) is 20.8 Å². The molecule has 2 aromatic rings. The molecule has 0 aliphatic carbocycles. The molecule has 0 aliphatic rings. The van der Waals surface area contributed by atoms with Gasteiger partial charge in [0, 0.05) is 16.9 Å². The first-order chi connectivity index (χ1) is 9.40. The summed E-state index contributed by atoms with van der Waals surface area (Å²) >= 11 is 1.62. The third kappa shape index (κ3) is 3.42. The molecule has 1 aromatic carbocycles. The predicted molar refractivity (Wildman–Crippen MR) is 82.6 cm³/mol. The number of anilines is 1. The summed E-state index contributed by atoms with van der Waals surface area (Å²) in [6, 6.07) is 5.40. The smallest absolute Gasteiger partial charge is 0.142 e. The third-order valence-corrected chi connectivity index (χ3v) is 3.71. The number of benzene rings is 1. The predicted octanol–water partition coefficient (Wildman–Crippen LogP) is 3.61. The molecule has 2 rings (SSSR count). The number of hydrogen-bond acceptors (Lipinski definition) is 5. The van der Waals surface area contributed by atoms with Gasteiger partial charge in [-0.2, -0.15) is 0 Å². The summed E-state index contributed by atoms with van der Waals surface area (Å²) in [7, 11) is 1.59. The molecule has 0 amide bonds. The van der Waals surface area contributed by atoms with Crippen LogP contribution in [0.15, 0.2) is 23.6 Å². The summed E-state index contributed by atoms with van der Waals surface area (Å²) in [5, 5.41) is 3.05. The van der Waals surface area contributed by atoms with Gasteiger partial charge in [-0.25, -0.2) is 4.98 Å². The number of nitrogens with two attached hydrogens (primary N) is 1. The van der Waals surface area contributed by atoms with E-state index < -0.39 is 0 Å². The zero-order valence-electron chi connectivity index (χ0n) is 12.3. The Labute approximate surface area is 123 Å². The summed E-state index contributed by atoms with van der Waals surface area (Å²) in [5.74, 6) is 1.37. The van der Waals surface area contributed by atoms with Crippen LogP contribution in [0.4, 0.5) is 5.69 Å². The molecule has 5 heteroatoms. The van der Waals surface area contributed by atoms with E-state index in [1.165, 1.54) is 0 Å². The summed E-state index contributed by atoms with van der Waals surface area (Å²) < 4.78 is 10.8. The van der Waals surface area contributed by atoms with Gasteiger partial charge in [-0.15, -0.1) is 11.3 Å². The minimum atomic E-state index is 0.0687. The fourth-order valence-corrected chi connectivity index (χ4v) is 2.60. The molecular weight excluding hydrogens is 272 g/mol. The Kier molecular flexibility index (Phi) is 4.18. The van der Waals surface area contributed by atoms with Crippen LogP contribution >= 0.6 is 11.3 Å². The van der Waals surface area contributed by atoms with Gasteiger partial charge >= 0.3 is 0 Å². The highest BCUT2D eigenvalue weighted by Gasteiger charge is 2.17. The van der Waals surface area contributed by atoms with Gasteiger partial charge in [0.1, 0.15) is 23.1 Å². The first-order valence-corrected chi connectivity index (χ1v) is 7.29. The van der Waals surface area contributed by atoms with Crippen LogP contribution in [0.1, 0.15) is 31.5 Å². The van der Waals surface area contributed by atoms with Crippen molar-refractivity contribution in [2.45, 2.75) is 32.8 Å². The van der Waals surface area contributed by atoms with Crippen molar-refractivity contribution in [1.82, 2.24) is 4.98 Å². The third-order valence-electron chi connectivity index (χ3n) is 2.88. The Morgan fingerprint density at radius 2 is 2.05 bits per heavy atom. The van der Waals surface area contributed by atoms with E-state index in [2.05, 4.69) is 31.1 Å². The van der Waals surface area contributed by atoms with Gasteiger partial charge in [0.2, 0.25) is 0 Å². The van der Waals surface area contributed by atoms with Gasteiger partial charge in [0.25, 0.3) is 0 Å². The Bertz CT molecular complexity index is 588. The number of hydrogen-bond donors (Lipinski definition) is 1. The van der Waals surface area contributed by atoms with Crippen LogP contribution in [0.25, 0.3) is 0 Å². The van der Waals surface area contributed by atoms with Crippen molar-refractivity contribution in [3.8, 4) is 11.5 Å². The Morgan fingerprint density at radius 1 is 1.30 bits per heavy atom. The molecule has 20 heavy (non-hydrogen) atoms. The highest BCUT2D eigenvalue weighted by Crippen LogP contribution is 2.28. The van der Waals surface area contributed by atoms with Gasteiger partial charge in [0.15, 0.2) is 0 Å². The standard InChI is InChI=1S/C15H20N2O2S/c1-15(2,3)13-9-20-14(17-13)8-19-10-5-6-12(18-4)11(16)7-10/h5-7,9H,8,16H2,1-4H3. The lowest BCUT2D eigenvalue weighted by molar-refractivity contribution is 0.304. The number of nitrogens with zero attached hydrogens (tertiary/aromatic N) is 1. The van der Waals surface area contributed by atoms with Crippen molar-refractivity contribution >= 4 is 17.0 Å². The maximum atomic E-state index is 5.84. The minimum absolute atomic E-state index is 0.0687. The van der Waals surface area contributed by atoms with E-state index in [1.807, 2.05) is 6.07 Å². The average molecular weight is 292 g/mol. The van der Waals surface area contributed by atoms with E-state index in [0.29, 0.717) is 18.0 Å². The lowest BCUT2D eigenvalue weighted by Crippen LogP contribution is -2.11. The molecule has 0 atom stereocenters. The van der Waals surface area contributed by atoms with Gasteiger partial charge in [-0.05, 0) is 12.1 Å². The van der Waals surface area contributed by atoms with E-state index in [9.17, 15) is 0 Å². The molecule has 0 bridgehead atoms. The second kappa shape index (κ2) is 5.71. The molecule has 0 fully saturated rings. The largest absolute Gasteiger partial charge is 0.495 e. The molecule has 0 unspecified atom stereocenters. The molecule has 1 aromatic heterocycles. The Hall–Kier alpha value is -1.75. The van der Waals surface area contributed by atoms with Gasteiger partial charge in [-0.3, -0.25) is 0 Å². The lowest BCUT2D eigenvalue weighted by Gasteiger charge is -2.14. The van der Waals surface area contributed by atoms with E-state index >= 15 is 0 Å². The van der Waals surface area contributed by atoms with Crippen molar-refractivity contribution in [1.29, 1.82) is 0 Å². The molecule has 1 heterocycles. The van der Waals surface area contributed by atoms with Crippen molar-refractivity contribution in [3.05, 3.63) is 34.3 Å². The Balaban J connectivity index is 2.02. The number of nitrogen functional groups attached to an aromatic ring is 1. The fraction of sp³-hybridized carbons (Fsp3) is 0.400. The molecule has 108 valence electrons. The molecule has 0 spiro atoms. The van der Waals surface area contributed by atoms with Crippen LogP contribution < -0.4 is 15.2 Å². The normalized spacial score (nSPS) is 11.4. The van der Waals surface area contributed by atoms with E-state index in [4.69, 9.17) is 15.2 Å². The second-order valence-electron chi connectivity index (χ2n) is 5.57. The van der Waals surface area contributed by atoms with Crippen LogP contribution in [0.2, 0.25) is 0 Å². The highest BCUT2D eigenvalue weighted by molar-refractivity contribution is 7.09. The molecule has 2 N–H and O–H groups in total. The molecule has 0 aliphatic heterocycles. The molecule has 0 radical (unpaired) electrons. The first-order valence-electron chi connectivity index (χ1n) is 6.41. The topological polar surface area (TPSA) is 57.4 Å². The highest BCUT2D eigenvalue weighted by atomic mass is 32.1. The molecular formula is C15H20N2O2S. The number of methoxy groups -OCH3 is 1. The van der Waals surface area contributed by atoms with E-state index in [1.54, 1.807) is 30.6 Å². The number of ether oxygens (including phenoxy) is 2. The number of thiazole rings is 1. The van der Waals surface area contributed by atoms with Gasteiger partial charge < -0.3 is 15.2 Å². The zero-order valence-corrected chi connectivity index (χ0v) is 13.1.